The van der Waals surface area contributed by atoms with Crippen LogP contribution in [0.5, 0.6) is 0 Å². The molecule has 3 aromatic rings. The Hall–Kier alpha value is -3.57. The predicted molar refractivity (Wildman–Crippen MR) is 119 cm³/mol. The number of para-hydroxylation sites is 1. The lowest BCUT2D eigenvalue weighted by atomic mass is 9.91. The molecule has 3 amide bonds. The third-order valence-corrected chi connectivity index (χ3v) is 5.23. The number of amides is 3. The molecule has 0 saturated heterocycles. The van der Waals surface area contributed by atoms with Gasteiger partial charge < -0.3 is 10.6 Å². The third-order valence-electron chi connectivity index (χ3n) is 4.98. The van der Waals surface area contributed by atoms with Gasteiger partial charge in [-0.1, -0.05) is 72.3 Å². The van der Waals surface area contributed by atoms with Crippen LogP contribution in [0.15, 0.2) is 90.5 Å². The molecule has 2 N–H and O–H groups in total. The molecule has 0 unspecified atom stereocenters. The summed E-state index contributed by atoms with van der Waals surface area (Å²) < 4.78 is 0. The molecule has 0 spiro atoms. The van der Waals surface area contributed by atoms with Gasteiger partial charge in [0.2, 0.25) is 0 Å². The minimum atomic E-state index is -0.620. The molecule has 1 heterocycles. The van der Waals surface area contributed by atoms with Crippen LogP contribution < -0.4 is 10.6 Å². The zero-order valence-corrected chi connectivity index (χ0v) is 17.1. The molecule has 1 aliphatic heterocycles. The maximum Gasteiger partial charge on any atom is 0.322 e. The second kappa shape index (κ2) is 8.43. The van der Waals surface area contributed by atoms with Crippen LogP contribution in [-0.2, 0) is 4.79 Å². The smallest absolute Gasteiger partial charge is 0.322 e. The monoisotopic (exact) mass is 417 g/mol. The molecule has 1 atom stereocenters. The Morgan fingerprint density at radius 3 is 2.17 bits per heavy atom. The molecule has 0 fully saturated rings. The Kier molecular flexibility index (Phi) is 5.55. The highest BCUT2D eigenvalue weighted by Gasteiger charge is 2.36. The fraction of sp³-hybridized carbons (Fsp3) is 0.0833. The summed E-state index contributed by atoms with van der Waals surface area (Å²) >= 11 is 6.05. The summed E-state index contributed by atoms with van der Waals surface area (Å²) in [7, 11) is 1.66. The van der Waals surface area contributed by atoms with E-state index in [4.69, 9.17) is 11.6 Å². The average molecular weight is 418 g/mol. The van der Waals surface area contributed by atoms with E-state index >= 15 is 0 Å². The SMILES string of the molecule is CN1C(=O)N[C@H](c2ccc(Cl)cc2)C(C(=O)Nc2ccccc2)=C1c1ccccc1. The van der Waals surface area contributed by atoms with Crippen molar-refractivity contribution < 1.29 is 9.59 Å². The van der Waals surface area contributed by atoms with Crippen molar-refractivity contribution in [1.29, 1.82) is 0 Å². The number of hydrogen-bond acceptors (Lipinski definition) is 2. The summed E-state index contributed by atoms with van der Waals surface area (Å²) in [6.07, 6.45) is 0. The number of nitrogens with one attached hydrogen (secondary N) is 2. The van der Waals surface area contributed by atoms with Gasteiger partial charge in [-0.05, 0) is 35.4 Å². The molecule has 1 aliphatic rings. The van der Waals surface area contributed by atoms with E-state index in [1.54, 1.807) is 19.2 Å². The van der Waals surface area contributed by atoms with Crippen molar-refractivity contribution in [3.8, 4) is 0 Å². The maximum atomic E-state index is 13.5. The second-order valence-corrected chi connectivity index (χ2v) is 7.38. The number of benzene rings is 3. The van der Waals surface area contributed by atoms with E-state index in [2.05, 4.69) is 10.6 Å². The lowest BCUT2D eigenvalue weighted by molar-refractivity contribution is -0.113. The fourth-order valence-electron chi connectivity index (χ4n) is 3.52. The standard InChI is InChI=1S/C24H20ClN3O2/c1-28-22(17-8-4-2-5-9-17)20(23(29)26-19-10-6-3-7-11-19)21(27-24(28)30)16-12-14-18(25)15-13-16/h2-15,21H,1H3,(H,26,29)(H,27,30)/t21-/m1/s1. The summed E-state index contributed by atoms with van der Waals surface area (Å²) in [5.41, 5.74) is 3.25. The van der Waals surface area contributed by atoms with Gasteiger partial charge in [0.15, 0.2) is 0 Å². The van der Waals surface area contributed by atoms with Gasteiger partial charge in [0.1, 0.15) is 0 Å². The second-order valence-electron chi connectivity index (χ2n) is 6.94. The third kappa shape index (κ3) is 3.93. The van der Waals surface area contributed by atoms with Crippen LogP contribution in [0.4, 0.5) is 10.5 Å². The molecule has 4 rings (SSSR count). The van der Waals surface area contributed by atoms with Crippen molar-refractivity contribution in [3.63, 3.8) is 0 Å². The highest BCUT2D eigenvalue weighted by molar-refractivity contribution is 6.30. The summed E-state index contributed by atoms with van der Waals surface area (Å²) in [6.45, 7) is 0. The van der Waals surface area contributed by atoms with Gasteiger partial charge in [-0.2, -0.15) is 0 Å². The zero-order valence-electron chi connectivity index (χ0n) is 16.3. The molecule has 5 nitrogen and oxygen atoms in total. The highest BCUT2D eigenvalue weighted by atomic mass is 35.5. The molecule has 0 aromatic heterocycles. The van der Waals surface area contributed by atoms with Gasteiger partial charge in [0.05, 0.1) is 17.3 Å². The van der Waals surface area contributed by atoms with E-state index in [1.807, 2.05) is 72.8 Å². The number of urea groups is 1. The first-order chi connectivity index (χ1) is 14.5. The van der Waals surface area contributed by atoms with Crippen molar-refractivity contribution in [2.24, 2.45) is 0 Å². The van der Waals surface area contributed by atoms with E-state index < -0.39 is 6.04 Å². The van der Waals surface area contributed by atoms with Crippen LogP contribution in [0, 0.1) is 0 Å². The quantitative estimate of drug-likeness (QED) is 0.621. The number of halogens is 1. The summed E-state index contributed by atoms with van der Waals surface area (Å²) in [5.74, 6) is -0.285. The minimum Gasteiger partial charge on any atom is -0.326 e. The number of carbonyl (C=O) groups excluding carboxylic acids is 2. The molecule has 150 valence electrons. The Morgan fingerprint density at radius 1 is 0.933 bits per heavy atom. The van der Waals surface area contributed by atoms with Crippen LogP contribution in [-0.4, -0.2) is 23.9 Å². The molecule has 0 radical (unpaired) electrons. The number of nitrogens with zero attached hydrogens (tertiary/aromatic N) is 1. The van der Waals surface area contributed by atoms with Gasteiger partial charge in [0, 0.05) is 17.8 Å². The summed E-state index contributed by atoms with van der Waals surface area (Å²) in [4.78, 5) is 27.7. The normalized spacial score (nSPS) is 16.3. The van der Waals surface area contributed by atoms with Gasteiger partial charge in [-0.3, -0.25) is 9.69 Å². The highest BCUT2D eigenvalue weighted by Crippen LogP contribution is 2.36. The van der Waals surface area contributed by atoms with Crippen molar-refractivity contribution in [2.75, 3.05) is 12.4 Å². The van der Waals surface area contributed by atoms with Crippen LogP contribution in [0.25, 0.3) is 5.70 Å². The van der Waals surface area contributed by atoms with Gasteiger partial charge in [0.25, 0.3) is 5.91 Å². The van der Waals surface area contributed by atoms with Crippen LogP contribution in [0.3, 0.4) is 0 Å². The average Bonchev–Trinajstić information content (AvgIpc) is 2.77. The van der Waals surface area contributed by atoms with Gasteiger partial charge >= 0.3 is 6.03 Å². The largest absolute Gasteiger partial charge is 0.326 e. The number of anilines is 1. The maximum absolute atomic E-state index is 13.5. The molecule has 0 saturated carbocycles. The van der Waals surface area contributed by atoms with Crippen LogP contribution >= 0.6 is 11.6 Å². The molecule has 6 heteroatoms. The molecular formula is C24H20ClN3O2. The lowest BCUT2D eigenvalue weighted by Gasteiger charge is -2.35. The Morgan fingerprint density at radius 2 is 1.53 bits per heavy atom. The molecule has 0 bridgehead atoms. The van der Waals surface area contributed by atoms with Crippen LogP contribution in [0.1, 0.15) is 17.2 Å². The van der Waals surface area contributed by atoms with E-state index in [0.29, 0.717) is 22.0 Å². The van der Waals surface area contributed by atoms with Gasteiger partial charge in [-0.15, -0.1) is 0 Å². The minimum absolute atomic E-state index is 0.285. The first kappa shape index (κ1) is 19.7. The fourth-order valence-corrected chi connectivity index (χ4v) is 3.65. The first-order valence-electron chi connectivity index (χ1n) is 9.50. The number of hydrogen-bond donors (Lipinski definition) is 2. The number of rotatable bonds is 4. The molecule has 30 heavy (non-hydrogen) atoms. The van der Waals surface area contributed by atoms with Crippen molar-refractivity contribution in [1.82, 2.24) is 10.2 Å². The van der Waals surface area contributed by atoms with Gasteiger partial charge in [-0.25, -0.2) is 4.79 Å². The zero-order chi connectivity index (χ0) is 21.1. The Bertz CT molecular complexity index is 1100. The van der Waals surface area contributed by atoms with E-state index in [9.17, 15) is 9.59 Å². The lowest BCUT2D eigenvalue weighted by Crippen LogP contribution is -2.46. The number of carbonyl (C=O) groups is 2. The van der Waals surface area contributed by atoms with Crippen LogP contribution in [0.2, 0.25) is 5.02 Å². The molecule has 3 aromatic carbocycles. The van der Waals surface area contributed by atoms with E-state index in [0.717, 1.165) is 11.1 Å². The Labute approximate surface area is 180 Å². The topological polar surface area (TPSA) is 61.4 Å². The Balaban J connectivity index is 1.88. The summed E-state index contributed by atoms with van der Waals surface area (Å²) in [6, 6.07) is 24.9. The van der Waals surface area contributed by atoms with Crippen molar-refractivity contribution in [3.05, 3.63) is 107 Å². The first-order valence-corrected chi connectivity index (χ1v) is 9.88. The predicted octanol–water partition coefficient (Wildman–Crippen LogP) is 5.09. The molecule has 0 aliphatic carbocycles. The van der Waals surface area contributed by atoms with Crippen molar-refractivity contribution in [2.45, 2.75) is 6.04 Å². The molecular weight excluding hydrogens is 398 g/mol. The van der Waals surface area contributed by atoms with Crippen molar-refractivity contribution >= 4 is 34.9 Å². The summed E-state index contributed by atoms with van der Waals surface area (Å²) in [5, 5.41) is 6.48. The van der Waals surface area contributed by atoms with E-state index in [-0.39, 0.29) is 11.9 Å². The van der Waals surface area contributed by atoms with E-state index in [1.165, 1.54) is 4.90 Å².